The van der Waals surface area contributed by atoms with Gasteiger partial charge >= 0.3 is 0 Å². The molecule has 0 saturated heterocycles. The number of rotatable bonds is 2. The van der Waals surface area contributed by atoms with E-state index in [0.717, 1.165) is 34.1 Å². The minimum absolute atomic E-state index is 0.935. The number of hydrogen-bond donors (Lipinski definition) is 0. The van der Waals surface area contributed by atoms with Crippen LogP contribution < -0.4 is 0 Å². The van der Waals surface area contributed by atoms with Crippen molar-refractivity contribution in [3.63, 3.8) is 0 Å². The Kier molecular flexibility index (Phi) is 6.22. The van der Waals surface area contributed by atoms with E-state index >= 15 is 0 Å². The van der Waals surface area contributed by atoms with E-state index in [1.807, 2.05) is 0 Å². The standard InChI is InChI=1S/C8H4Br6/c9-2-1-3-4(10)6(12)8(14)7(13)5(3)11/h1-2H2. The van der Waals surface area contributed by atoms with Crippen molar-refractivity contribution in [3.8, 4) is 0 Å². The molecule has 6 heteroatoms. The molecular formula is C8H4Br6. The predicted molar refractivity (Wildman–Crippen MR) is 82.4 cm³/mol. The van der Waals surface area contributed by atoms with Crippen LogP contribution in [0.1, 0.15) is 5.56 Å². The van der Waals surface area contributed by atoms with Crippen LogP contribution >= 0.6 is 95.6 Å². The Labute approximate surface area is 133 Å². The highest BCUT2D eigenvalue weighted by atomic mass is 79.9. The quantitative estimate of drug-likeness (QED) is 0.215. The molecule has 0 atom stereocenters. The molecule has 0 amide bonds. The molecule has 78 valence electrons. The van der Waals surface area contributed by atoms with Crippen molar-refractivity contribution in [1.82, 2.24) is 0 Å². The minimum Gasteiger partial charge on any atom is -0.0924 e. The van der Waals surface area contributed by atoms with Gasteiger partial charge in [-0.05, 0) is 91.6 Å². The first-order valence-electron chi connectivity index (χ1n) is 3.57. The van der Waals surface area contributed by atoms with Crippen molar-refractivity contribution in [2.45, 2.75) is 6.42 Å². The van der Waals surface area contributed by atoms with Crippen molar-refractivity contribution >= 4 is 95.6 Å². The molecule has 14 heavy (non-hydrogen) atoms. The van der Waals surface area contributed by atoms with Gasteiger partial charge in [-0.3, -0.25) is 0 Å². The van der Waals surface area contributed by atoms with Gasteiger partial charge in [0.05, 0.1) is 0 Å². The summed E-state index contributed by atoms with van der Waals surface area (Å²) in [5.74, 6) is 0. The van der Waals surface area contributed by atoms with Gasteiger partial charge in [0.2, 0.25) is 0 Å². The molecule has 0 N–H and O–H groups in total. The maximum Gasteiger partial charge on any atom is 0.0482 e. The normalized spacial score (nSPS) is 10.7. The highest BCUT2D eigenvalue weighted by molar-refractivity contribution is 9.15. The lowest BCUT2D eigenvalue weighted by Gasteiger charge is -2.12. The molecule has 0 aromatic heterocycles. The third kappa shape index (κ3) is 2.86. The molecule has 0 nitrogen and oxygen atoms in total. The lowest BCUT2D eigenvalue weighted by atomic mass is 10.2. The Morgan fingerprint density at radius 3 is 1.36 bits per heavy atom. The summed E-state index contributed by atoms with van der Waals surface area (Å²) >= 11 is 21.1. The molecule has 0 aliphatic carbocycles. The molecule has 0 unspecified atom stereocenters. The molecule has 0 spiro atoms. The first-order valence-corrected chi connectivity index (χ1v) is 8.65. The number of alkyl halides is 1. The van der Waals surface area contributed by atoms with Crippen molar-refractivity contribution < 1.29 is 0 Å². The molecule has 1 aromatic carbocycles. The zero-order chi connectivity index (χ0) is 10.9. The van der Waals surface area contributed by atoms with E-state index < -0.39 is 0 Å². The predicted octanol–water partition coefficient (Wildman–Crippen LogP) is 6.44. The summed E-state index contributed by atoms with van der Waals surface area (Å²) < 4.78 is 5.24. The fourth-order valence-electron chi connectivity index (χ4n) is 0.964. The Bertz CT molecular complexity index is 330. The Hall–Kier alpha value is 2.10. The summed E-state index contributed by atoms with van der Waals surface area (Å²) in [6.45, 7) is 0. The summed E-state index contributed by atoms with van der Waals surface area (Å²) in [7, 11) is 0. The largest absolute Gasteiger partial charge is 0.0924 e. The zero-order valence-electron chi connectivity index (χ0n) is 6.68. The summed E-state index contributed by atoms with van der Waals surface area (Å²) in [5, 5.41) is 0.935. The highest BCUT2D eigenvalue weighted by Crippen LogP contribution is 2.44. The van der Waals surface area contributed by atoms with Crippen LogP contribution in [0.5, 0.6) is 0 Å². The van der Waals surface area contributed by atoms with Gasteiger partial charge in [0.15, 0.2) is 0 Å². The lowest BCUT2D eigenvalue weighted by Crippen LogP contribution is -1.93. The molecule has 1 rings (SSSR count). The SMILES string of the molecule is BrCCc1c(Br)c(Br)c(Br)c(Br)c1Br. The fraction of sp³-hybridized carbons (Fsp3) is 0.250. The topological polar surface area (TPSA) is 0 Å². The van der Waals surface area contributed by atoms with Gasteiger partial charge in [-0.1, -0.05) is 15.9 Å². The minimum atomic E-state index is 0.935. The molecule has 0 fully saturated rings. The van der Waals surface area contributed by atoms with Gasteiger partial charge in [0, 0.05) is 27.7 Å². The van der Waals surface area contributed by atoms with Gasteiger partial charge in [0.25, 0.3) is 0 Å². The number of hydrogen-bond acceptors (Lipinski definition) is 0. The van der Waals surface area contributed by atoms with Crippen LogP contribution in [0.3, 0.4) is 0 Å². The molecular weight excluding hydrogens is 576 g/mol. The first-order chi connectivity index (χ1) is 6.50. The third-order valence-electron chi connectivity index (χ3n) is 1.65. The molecule has 1 aromatic rings. The summed E-state index contributed by atoms with van der Waals surface area (Å²) in [5.41, 5.74) is 1.24. The molecule has 0 radical (unpaired) electrons. The van der Waals surface area contributed by atoms with E-state index in [9.17, 15) is 0 Å². The Balaban J connectivity index is 3.43. The molecule has 0 saturated carbocycles. The molecule has 0 aliphatic heterocycles. The fourth-order valence-corrected chi connectivity index (χ4v) is 4.89. The van der Waals surface area contributed by atoms with Gasteiger partial charge < -0.3 is 0 Å². The maximum absolute atomic E-state index is 3.57. The van der Waals surface area contributed by atoms with Crippen LogP contribution in [0.25, 0.3) is 0 Å². The van der Waals surface area contributed by atoms with E-state index in [-0.39, 0.29) is 0 Å². The van der Waals surface area contributed by atoms with E-state index in [0.29, 0.717) is 0 Å². The third-order valence-corrected chi connectivity index (χ3v) is 8.30. The average Bonchev–Trinajstić information content (AvgIpc) is 2.19. The van der Waals surface area contributed by atoms with Gasteiger partial charge in [-0.25, -0.2) is 0 Å². The number of halogens is 6. The van der Waals surface area contributed by atoms with Crippen LogP contribution in [-0.2, 0) is 6.42 Å². The zero-order valence-corrected chi connectivity index (χ0v) is 16.2. The monoisotopic (exact) mass is 574 g/mol. The van der Waals surface area contributed by atoms with Crippen LogP contribution in [0, 0.1) is 0 Å². The van der Waals surface area contributed by atoms with Gasteiger partial charge in [-0.2, -0.15) is 0 Å². The smallest absolute Gasteiger partial charge is 0.0482 e. The summed E-state index contributed by atoms with van der Waals surface area (Å²) in [6, 6.07) is 0. The van der Waals surface area contributed by atoms with Crippen molar-refractivity contribution in [1.29, 1.82) is 0 Å². The lowest BCUT2D eigenvalue weighted by molar-refractivity contribution is 1.12. The van der Waals surface area contributed by atoms with E-state index in [1.165, 1.54) is 5.56 Å². The summed E-state index contributed by atoms with van der Waals surface area (Å²) in [6.07, 6.45) is 0.964. The first kappa shape index (κ1) is 14.2. The second-order valence-corrected chi connectivity index (χ2v) is 7.25. The van der Waals surface area contributed by atoms with Crippen molar-refractivity contribution in [2.75, 3.05) is 5.33 Å². The van der Waals surface area contributed by atoms with E-state index in [1.54, 1.807) is 0 Å². The van der Waals surface area contributed by atoms with Gasteiger partial charge in [0.1, 0.15) is 0 Å². The van der Waals surface area contributed by atoms with Crippen LogP contribution in [-0.4, -0.2) is 5.33 Å². The molecule has 0 bridgehead atoms. The van der Waals surface area contributed by atoms with Crippen molar-refractivity contribution in [3.05, 3.63) is 27.9 Å². The maximum atomic E-state index is 3.57. The van der Waals surface area contributed by atoms with Crippen molar-refractivity contribution in [2.24, 2.45) is 0 Å². The molecule has 0 aliphatic rings. The van der Waals surface area contributed by atoms with Crippen LogP contribution in [0.2, 0.25) is 0 Å². The molecule has 0 heterocycles. The summed E-state index contributed by atoms with van der Waals surface area (Å²) in [4.78, 5) is 0. The average molecular weight is 580 g/mol. The second-order valence-electron chi connectivity index (χ2n) is 2.49. The number of benzene rings is 1. The Morgan fingerprint density at radius 2 is 1.00 bits per heavy atom. The second kappa shape index (κ2) is 6.15. The van der Waals surface area contributed by atoms with E-state index in [2.05, 4.69) is 95.6 Å². The van der Waals surface area contributed by atoms with Crippen LogP contribution in [0.15, 0.2) is 22.4 Å². The Morgan fingerprint density at radius 1 is 0.643 bits per heavy atom. The highest BCUT2D eigenvalue weighted by Gasteiger charge is 2.16. The van der Waals surface area contributed by atoms with Gasteiger partial charge in [-0.15, -0.1) is 0 Å². The van der Waals surface area contributed by atoms with E-state index in [4.69, 9.17) is 0 Å². The van der Waals surface area contributed by atoms with Crippen LogP contribution in [0.4, 0.5) is 0 Å².